The van der Waals surface area contributed by atoms with E-state index in [2.05, 4.69) is 0 Å². The number of nitrogen functional groups attached to an aromatic ring is 1. The number of nitrogens with zero attached hydrogens (tertiary/aromatic N) is 1. The SMILES string of the molecule is Cc1cccc[n+]1N. The molecular weight excluding hydrogens is 100 g/mol. The number of hydrogen-bond donors (Lipinski definition) is 1. The number of aryl methyl sites for hydroxylation is 1. The molecular formula is C6H9N2+. The molecule has 2 heteroatoms. The summed E-state index contributed by atoms with van der Waals surface area (Å²) in [5, 5.41) is 0. The largest absolute Gasteiger partial charge is 0.208 e. The Bertz CT molecular complexity index is 163. The quantitative estimate of drug-likeness (QED) is 0.369. The summed E-state index contributed by atoms with van der Waals surface area (Å²) in [4.78, 5) is 0. The van der Waals surface area contributed by atoms with Crippen LogP contribution < -0.4 is 10.5 Å². The summed E-state index contributed by atoms with van der Waals surface area (Å²) >= 11 is 0. The predicted octanol–water partition coefficient (Wildman–Crippen LogP) is -0.00368. The van der Waals surface area contributed by atoms with Gasteiger partial charge in [0, 0.05) is 19.1 Å². The number of rotatable bonds is 0. The fourth-order valence-corrected chi connectivity index (χ4v) is 0.541. The molecule has 42 valence electrons. The first-order valence-electron chi connectivity index (χ1n) is 2.53. The van der Waals surface area contributed by atoms with Crippen molar-refractivity contribution >= 4 is 0 Å². The van der Waals surface area contributed by atoms with E-state index in [1.54, 1.807) is 4.68 Å². The van der Waals surface area contributed by atoms with Crippen LogP contribution in [0.2, 0.25) is 0 Å². The topological polar surface area (TPSA) is 29.9 Å². The Morgan fingerprint density at radius 3 is 2.62 bits per heavy atom. The van der Waals surface area contributed by atoms with Crippen LogP contribution >= 0.6 is 0 Å². The van der Waals surface area contributed by atoms with Crippen molar-refractivity contribution < 1.29 is 4.68 Å². The van der Waals surface area contributed by atoms with Gasteiger partial charge >= 0.3 is 0 Å². The number of hydrogen-bond acceptors (Lipinski definition) is 1. The summed E-state index contributed by atoms with van der Waals surface area (Å²) in [6, 6.07) is 5.81. The van der Waals surface area contributed by atoms with Crippen LogP contribution in [0, 0.1) is 6.92 Å². The van der Waals surface area contributed by atoms with Gasteiger partial charge in [-0.2, -0.15) is 0 Å². The van der Waals surface area contributed by atoms with E-state index < -0.39 is 0 Å². The van der Waals surface area contributed by atoms with Gasteiger partial charge in [-0.25, -0.2) is 5.84 Å². The Morgan fingerprint density at radius 2 is 2.25 bits per heavy atom. The molecule has 0 spiro atoms. The average Bonchev–Trinajstić information content (AvgIpc) is 1.77. The first-order valence-corrected chi connectivity index (χ1v) is 2.53. The fraction of sp³-hybridized carbons (Fsp3) is 0.167. The Kier molecular flexibility index (Phi) is 1.16. The first kappa shape index (κ1) is 5.09. The van der Waals surface area contributed by atoms with Crippen LogP contribution in [-0.4, -0.2) is 0 Å². The second-order valence-electron chi connectivity index (χ2n) is 1.75. The monoisotopic (exact) mass is 109 g/mol. The van der Waals surface area contributed by atoms with Crippen molar-refractivity contribution in [2.45, 2.75) is 6.92 Å². The van der Waals surface area contributed by atoms with Crippen LogP contribution in [0.4, 0.5) is 0 Å². The van der Waals surface area contributed by atoms with Gasteiger partial charge in [0.05, 0.1) is 0 Å². The minimum atomic E-state index is 1.06. The summed E-state index contributed by atoms with van der Waals surface area (Å²) in [5.74, 6) is 5.44. The number of nitrogens with two attached hydrogens (primary N) is 1. The predicted molar refractivity (Wildman–Crippen MR) is 31.5 cm³/mol. The van der Waals surface area contributed by atoms with Gasteiger partial charge in [-0.1, -0.05) is 4.68 Å². The third-order valence-corrected chi connectivity index (χ3v) is 1.10. The van der Waals surface area contributed by atoms with E-state index in [4.69, 9.17) is 5.84 Å². The highest BCUT2D eigenvalue weighted by Crippen LogP contribution is 1.82. The number of aromatic nitrogens is 1. The van der Waals surface area contributed by atoms with Gasteiger partial charge in [-0.3, -0.25) is 0 Å². The molecule has 0 bridgehead atoms. The van der Waals surface area contributed by atoms with Crippen molar-refractivity contribution in [3.8, 4) is 0 Å². The summed E-state index contributed by atoms with van der Waals surface area (Å²) in [7, 11) is 0. The molecule has 0 amide bonds. The molecule has 2 N–H and O–H groups in total. The third kappa shape index (κ3) is 0.780. The average molecular weight is 109 g/mol. The van der Waals surface area contributed by atoms with Crippen molar-refractivity contribution in [1.29, 1.82) is 0 Å². The Morgan fingerprint density at radius 1 is 1.50 bits per heavy atom. The lowest BCUT2D eigenvalue weighted by atomic mass is 10.4. The Labute approximate surface area is 48.5 Å². The van der Waals surface area contributed by atoms with E-state index in [1.165, 1.54) is 0 Å². The fourth-order valence-electron chi connectivity index (χ4n) is 0.541. The molecule has 0 saturated carbocycles. The van der Waals surface area contributed by atoms with Crippen LogP contribution in [-0.2, 0) is 0 Å². The second kappa shape index (κ2) is 1.82. The van der Waals surface area contributed by atoms with Crippen molar-refractivity contribution in [2.24, 2.45) is 0 Å². The van der Waals surface area contributed by atoms with Crippen molar-refractivity contribution in [1.82, 2.24) is 0 Å². The summed E-state index contributed by atoms with van der Waals surface area (Å²) < 4.78 is 1.58. The van der Waals surface area contributed by atoms with E-state index in [0.717, 1.165) is 5.69 Å². The second-order valence-corrected chi connectivity index (χ2v) is 1.75. The van der Waals surface area contributed by atoms with Crippen LogP contribution in [0.5, 0.6) is 0 Å². The van der Waals surface area contributed by atoms with Gasteiger partial charge in [-0.05, 0) is 6.07 Å². The van der Waals surface area contributed by atoms with Gasteiger partial charge < -0.3 is 0 Å². The van der Waals surface area contributed by atoms with Crippen LogP contribution in [0.1, 0.15) is 5.69 Å². The summed E-state index contributed by atoms with van der Waals surface area (Å²) in [6.07, 6.45) is 1.81. The van der Waals surface area contributed by atoms with Crippen molar-refractivity contribution in [3.63, 3.8) is 0 Å². The Hall–Kier alpha value is -1.05. The molecule has 1 aromatic heterocycles. The molecule has 0 fully saturated rings. The molecule has 0 radical (unpaired) electrons. The molecule has 1 rings (SSSR count). The van der Waals surface area contributed by atoms with Crippen molar-refractivity contribution in [2.75, 3.05) is 5.84 Å². The molecule has 8 heavy (non-hydrogen) atoms. The molecule has 0 saturated heterocycles. The van der Waals surface area contributed by atoms with Gasteiger partial charge in [0.2, 0.25) is 5.69 Å². The van der Waals surface area contributed by atoms with Crippen LogP contribution in [0.25, 0.3) is 0 Å². The first-order chi connectivity index (χ1) is 3.80. The molecule has 0 atom stereocenters. The van der Waals surface area contributed by atoms with Gasteiger partial charge in [0.25, 0.3) is 0 Å². The molecule has 0 aliphatic heterocycles. The summed E-state index contributed by atoms with van der Waals surface area (Å²) in [5.41, 5.74) is 1.06. The van der Waals surface area contributed by atoms with E-state index in [0.29, 0.717) is 0 Å². The van der Waals surface area contributed by atoms with Crippen molar-refractivity contribution in [3.05, 3.63) is 30.1 Å². The number of pyridine rings is 1. The minimum absolute atomic E-state index is 1.06. The van der Waals surface area contributed by atoms with Gasteiger partial charge in [0.15, 0.2) is 6.20 Å². The lowest BCUT2D eigenvalue weighted by molar-refractivity contribution is -0.645. The Balaban J connectivity index is 3.13. The van der Waals surface area contributed by atoms with Gasteiger partial charge in [-0.15, -0.1) is 0 Å². The zero-order valence-corrected chi connectivity index (χ0v) is 4.83. The maximum atomic E-state index is 5.44. The molecule has 1 heterocycles. The third-order valence-electron chi connectivity index (χ3n) is 1.10. The zero-order chi connectivity index (χ0) is 5.98. The lowest BCUT2D eigenvalue weighted by Crippen LogP contribution is -2.46. The molecule has 2 nitrogen and oxygen atoms in total. The highest BCUT2D eigenvalue weighted by Gasteiger charge is 1.93. The maximum Gasteiger partial charge on any atom is 0.208 e. The van der Waals surface area contributed by atoms with E-state index in [-0.39, 0.29) is 0 Å². The van der Waals surface area contributed by atoms with E-state index in [1.807, 2.05) is 31.3 Å². The molecule has 0 aliphatic rings. The highest BCUT2D eigenvalue weighted by atomic mass is 15.3. The minimum Gasteiger partial charge on any atom is -0.205 e. The zero-order valence-electron chi connectivity index (χ0n) is 4.83. The van der Waals surface area contributed by atoms with Gasteiger partial charge in [0.1, 0.15) is 0 Å². The highest BCUT2D eigenvalue weighted by molar-refractivity contribution is 4.93. The molecule has 0 aliphatic carbocycles. The molecule has 1 aromatic rings. The maximum absolute atomic E-state index is 5.44. The smallest absolute Gasteiger partial charge is 0.205 e. The normalized spacial score (nSPS) is 9.12. The standard InChI is InChI=1S/C6H9N2/c1-6-4-2-3-5-8(6)7/h2-5H,7H2,1H3/q+1. The summed E-state index contributed by atoms with van der Waals surface area (Å²) in [6.45, 7) is 1.96. The molecule has 0 aromatic carbocycles. The van der Waals surface area contributed by atoms with Crippen LogP contribution in [0.3, 0.4) is 0 Å². The molecule has 0 unspecified atom stereocenters. The lowest BCUT2D eigenvalue weighted by Gasteiger charge is -1.85. The van der Waals surface area contributed by atoms with Crippen LogP contribution in [0.15, 0.2) is 24.4 Å². The van der Waals surface area contributed by atoms with E-state index >= 15 is 0 Å². The van der Waals surface area contributed by atoms with E-state index in [9.17, 15) is 0 Å².